The number of carbonyl (C=O) groups excluding carboxylic acids is 1. The highest BCUT2D eigenvalue weighted by atomic mass is 127. The van der Waals surface area contributed by atoms with Crippen LogP contribution in [0, 0.1) is 5.41 Å². The quantitative estimate of drug-likeness (QED) is 0.357. The Hall–Kier alpha value is 0.225. The van der Waals surface area contributed by atoms with Crippen molar-refractivity contribution < 1.29 is 4.79 Å². The average molecular weight is 352 g/mol. The number of rotatable bonds is 5. The van der Waals surface area contributed by atoms with Gasteiger partial charge in [0.2, 0.25) is 13.3 Å². The number of nitrogens with zero attached hydrogens (tertiary/aromatic N) is 1. The molecule has 0 aliphatic carbocycles. The molecule has 0 rings (SSSR count). The summed E-state index contributed by atoms with van der Waals surface area (Å²) in [5, 5.41) is 3.67. The first kappa shape index (κ1) is 17.2. The van der Waals surface area contributed by atoms with Gasteiger partial charge in [-0.15, -0.1) is 0 Å². The third-order valence-electron chi connectivity index (χ3n) is 2.09. The van der Waals surface area contributed by atoms with Crippen molar-refractivity contribution >= 4 is 36.2 Å². The Labute approximate surface area is 121 Å². The lowest BCUT2D eigenvalue weighted by molar-refractivity contribution is -0.126. The van der Waals surface area contributed by atoms with E-state index < -0.39 is 0 Å². The number of hydrogen-bond acceptors (Lipinski definition) is 2. The maximum Gasteiger partial charge on any atom is 0.231 e. The molecule has 0 unspecified atom stereocenters. The van der Waals surface area contributed by atoms with Crippen LogP contribution in [0.4, 0.5) is 0 Å². The normalized spacial score (nSPS) is 12.4. The van der Waals surface area contributed by atoms with Gasteiger partial charge in [-0.25, -0.2) is 0 Å². The molecule has 1 amide bonds. The van der Waals surface area contributed by atoms with Gasteiger partial charge in [-0.2, -0.15) is 0 Å². The molecule has 0 radical (unpaired) electrons. The molecular formula is C12H26BIN2O. The van der Waals surface area contributed by atoms with Crippen LogP contribution >= 0.6 is 22.9 Å². The van der Waals surface area contributed by atoms with Gasteiger partial charge in [-0.1, -0.05) is 41.5 Å². The highest BCUT2D eigenvalue weighted by molar-refractivity contribution is 14.1. The van der Waals surface area contributed by atoms with Crippen LogP contribution in [-0.2, 0) is 4.79 Å². The van der Waals surface area contributed by atoms with Gasteiger partial charge in [-0.3, -0.25) is 7.91 Å². The molecule has 0 aromatic carbocycles. The lowest BCUT2D eigenvalue weighted by Crippen LogP contribution is -2.35. The predicted octanol–water partition coefficient (Wildman–Crippen LogP) is 2.76. The van der Waals surface area contributed by atoms with Crippen molar-refractivity contribution in [2.45, 2.75) is 53.3 Å². The first-order valence-corrected chi connectivity index (χ1v) is 7.15. The fourth-order valence-electron chi connectivity index (χ4n) is 1.30. The lowest BCUT2D eigenvalue weighted by atomic mass is 9.64. The summed E-state index contributed by atoms with van der Waals surface area (Å²) in [7, 11) is 0.977. The van der Waals surface area contributed by atoms with Gasteiger partial charge in [0.1, 0.15) is 0 Å². The first-order chi connectivity index (χ1) is 7.51. The molecule has 0 fully saturated rings. The highest BCUT2D eigenvalue weighted by Crippen LogP contribution is 2.21. The first-order valence-electron chi connectivity index (χ1n) is 6.18. The molecule has 0 heterocycles. The maximum absolute atomic E-state index is 11.8. The van der Waals surface area contributed by atoms with Gasteiger partial charge < -0.3 is 5.23 Å². The number of halogens is 1. The topological polar surface area (TPSA) is 32.3 Å². The predicted molar refractivity (Wildman–Crippen MR) is 84.7 cm³/mol. The number of nitrogens with one attached hydrogen (secondary N) is 1. The van der Waals surface area contributed by atoms with E-state index in [0.717, 1.165) is 20.5 Å². The Kier molecular flexibility index (Phi) is 7.06. The van der Waals surface area contributed by atoms with Crippen molar-refractivity contribution in [1.29, 1.82) is 0 Å². The van der Waals surface area contributed by atoms with Gasteiger partial charge in [0, 0.05) is 19.5 Å². The molecule has 0 aliphatic rings. The van der Waals surface area contributed by atoms with Crippen molar-refractivity contribution in [1.82, 2.24) is 8.34 Å². The Morgan fingerprint density at radius 3 is 2.18 bits per heavy atom. The van der Waals surface area contributed by atoms with Crippen LogP contribution in [0.25, 0.3) is 0 Å². The molecule has 0 bridgehead atoms. The molecule has 0 atom stereocenters. The highest BCUT2D eigenvalue weighted by Gasteiger charge is 2.19. The molecule has 0 aliphatic heterocycles. The van der Waals surface area contributed by atoms with Crippen LogP contribution in [-0.4, -0.2) is 29.5 Å². The fraction of sp³-hybridized carbons (Fsp3) is 0.917. The van der Waals surface area contributed by atoms with Crippen LogP contribution < -0.4 is 5.23 Å². The summed E-state index contributed by atoms with van der Waals surface area (Å²) in [4.78, 5) is 11.8. The van der Waals surface area contributed by atoms with E-state index in [4.69, 9.17) is 0 Å². The summed E-state index contributed by atoms with van der Waals surface area (Å²) in [6, 6.07) is 0. The second-order valence-electron chi connectivity index (χ2n) is 6.95. The molecule has 17 heavy (non-hydrogen) atoms. The third-order valence-corrected chi connectivity index (χ3v) is 3.11. The van der Waals surface area contributed by atoms with E-state index in [9.17, 15) is 4.79 Å². The molecule has 3 nitrogen and oxygen atoms in total. The summed E-state index contributed by atoms with van der Waals surface area (Å²) < 4.78 is 1.79. The summed E-state index contributed by atoms with van der Waals surface area (Å²) in [5.41, 5.74) is 0.0688. The SMILES string of the molecule is CC(C)(C)BNCCN(I)C(=O)CC(C)(C)C. The minimum atomic E-state index is 0.0688. The van der Waals surface area contributed by atoms with Crippen molar-refractivity contribution in [3.05, 3.63) is 0 Å². The van der Waals surface area contributed by atoms with E-state index in [-0.39, 0.29) is 11.3 Å². The fourth-order valence-corrected chi connectivity index (χ4v) is 1.72. The molecule has 0 aromatic heterocycles. The molecule has 0 spiro atoms. The molecule has 0 saturated heterocycles. The molecule has 0 aromatic rings. The van der Waals surface area contributed by atoms with E-state index in [0.29, 0.717) is 11.7 Å². The van der Waals surface area contributed by atoms with Gasteiger partial charge in [0.25, 0.3) is 0 Å². The van der Waals surface area contributed by atoms with Crippen LogP contribution in [0.15, 0.2) is 0 Å². The van der Waals surface area contributed by atoms with Gasteiger partial charge in [0.15, 0.2) is 0 Å². The summed E-state index contributed by atoms with van der Waals surface area (Å²) >= 11 is 2.11. The van der Waals surface area contributed by atoms with Crippen LogP contribution in [0.3, 0.4) is 0 Å². The second-order valence-corrected chi connectivity index (χ2v) is 8.12. The molecular weight excluding hydrogens is 326 g/mol. The summed E-state index contributed by atoms with van der Waals surface area (Å²) in [6.45, 7) is 14.5. The zero-order valence-electron chi connectivity index (χ0n) is 12.1. The van der Waals surface area contributed by atoms with E-state index in [2.05, 4.69) is 69.6 Å². The average Bonchev–Trinajstić information content (AvgIpc) is 2.07. The van der Waals surface area contributed by atoms with Gasteiger partial charge in [0.05, 0.1) is 22.9 Å². The molecule has 5 heteroatoms. The van der Waals surface area contributed by atoms with Crippen molar-refractivity contribution in [2.75, 3.05) is 13.1 Å². The molecule has 100 valence electrons. The van der Waals surface area contributed by atoms with Gasteiger partial charge >= 0.3 is 0 Å². The Bertz CT molecular complexity index is 246. The van der Waals surface area contributed by atoms with E-state index in [1.165, 1.54) is 0 Å². The Morgan fingerprint density at radius 2 is 1.76 bits per heavy atom. The minimum Gasteiger partial charge on any atom is -0.357 e. The standard InChI is InChI=1S/C12H26BIN2O/c1-11(2,3)9-10(17)16(14)8-7-15-13-12(4,5)6/h13,15H,7-9H2,1-6H3. The zero-order valence-corrected chi connectivity index (χ0v) is 14.2. The van der Waals surface area contributed by atoms with Crippen molar-refractivity contribution in [3.63, 3.8) is 0 Å². The van der Waals surface area contributed by atoms with Crippen molar-refractivity contribution in [2.24, 2.45) is 5.41 Å². The third kappa shape index (κ3) is 11.1. The largest absolute Gasteiger partial charge is 0.357 e. The lowest BCUT2D eigenvalue weighted by Gasteiger charge is -2.22. The Morgan fingerprint density at radius 1 is 1.24 bits per heavy atom. The number of amides is 1. The van der Waals surface area contributed by atoms with Crippen LogP contribution in [0.1, 0.15) is 48.0 Å². The summed E-state index contributed by atoms with van der Waals surface area (Å²) in [6.07, 6.45) is 0.606. The smallest absolute Gasteiger partial charge is 0.231 e. The van der Waals surface area contributed by atoms with E-state index >= 15 is 0 Å². The van der Waals surface area contributed by atoms with E-state index in [1.807, 2.05) is 0 Å². The zero-order chi connectivity index (χ0) is 13.7. The van der Waals surface area contributed by atoms with Crippen LogP contribution in [0.2, 0.25) is 5.31 Å². The maximum atomic E-state index is 11.8. The van der Waals surface area contributed by atoms with E-state index in [1.54, 1.807) is 3.11 Å². The minimum absolute atomic E-state index is 0.0688. The summed E-state index contributed by atoms with van der Waals surface area (Å²) in [5.74, 6) is 0.218. The number of hydrogen-bond donors (Lipinski definition) is 1. The second kappa shape index (κ2) is 6.97. The van der Waals surface area contributed by atoms with Crippen molar-refractivity contribution in [3.8, 4) is 0 Å². The van der Waals surface area contributed by atoms with Gasteiger partial charge in [-0.05, 0) is 10.7 Å². The van der Waals surface area contributed by atoms with Crippen LogP contribution in [0.5, 0.6) is 0 Å². The molecule has 0 saturated carbocycles. The number of carbonyl (C=O) groups is 1. The molecule has 1 N–H and O–H groups in total. The monoisotopic (exact) mass is 352 g/mol. The Balaban J connectivity index is 3.80.